The van der Waals surface area contributed by atoms with Gasteiger partial charge in [0.05, 0.1) is 10.2 Å². The maximum atomic E-state index is 9.38. The summed E-state index contributed by atoms with van der Waals surface area (Å²) in [5.74, 6) is 0. The number of thiazole rings is 1. The van der Waals surface area contributed by atoms with Crippen LogP contribution in [0.25, 0.3) is 15.8 Å². The van der Waals surface area contributed by atoms with E-state index in [0.717, 1.165) is 23.1 Å². The smallest absolute Gasteiger partial charge is 0.170 e. The minimum Gasteiger partial charge on any atom is -0.360 e. The van der Waals surface area contributed by atoms with Gasteiger partial charge in [0.15, 0.2) is 5.11 Å². The lowest BCUT2D eigenvalue weighted by atomic mass is 9.96. The number of thiocarbonyl (C=S) groups is 1. The van der Waals surface area contributed by atoms with E-state index in [1.54, 1.807) is 6.20 Å². The lowest BCUT2D eigenvalue weighted by Gasteiger charge is -2.23. The van der Waals surface area contributed by atoms with Gasteiger partial charge in [0, 0.05) is 12.2 Å². The first-order valence-electron chi connectivity index (χ1n) is 7.79. The lowest BCUT2D eigenvalue weighted by Crippen LogP contribution is -2.40. The van der Waals surface area contributed by atoms with Crippen LogP contribution in [0.5, 0.6) is 0 Å². The predicted octanol–water partition coefficient (Wildman–Crippen LogP) is 3.96. The summed E-state index contributed by atoms with van der Waals surface area (Å²) >= 11 is 6.83. The standard InChI is InChI=1S/C17H18N4S2/c18-10-12(16-21-14-8-4-5-9-15(14)23-16)11-19-17(22)20-13-6-2-1-3-7-13/h4-5,8-9,11,13H,1-3,6-7H2,(H2,19,20,22)/b12-11+. The maximum Gasteiger partial charge on any atom is 0.170 e. The molecule has 0 radical (unpaired) electrons. The van der Waals surface area contributed by atoms with Gasteiger partial charge in [-0.25, -0.2) is 4.98 Å². The van der Waals surface area contributed by atoms with E-state index >= 15 is 0 Å². The Morgan fingerprint density at radius 3 is 2.83 bits per heavy atom. The molecule has 118 valence electrons. The van der Waals surface area contributed by atoms with Gasteiger partial charge in [0.25, 0.3) is 0 Å². The number of nitrogens with zero attached hydrogens (tertiary/aromatic N) is 2. The van der Waals surface area contributed by atoms with Gasteiger partial charge in [-0.05, 0) is 37.2 Å². The number of fused-ring (bicyclic) bond motifs is 1. The van der Waals surface area contributed by atoms with Crippen molar-refractivity contribution in [2.75, 3.05) is 0 Å². The second-order valence-electron chi connectivity index (χ2n) is 5.61. The number of rotatable bonds is 3. The fourth-order valence-corrected chi connectivity index (χ4v) is 3.90. The molecule has 0 bridgehead atoms. The van der Waals surface area contributed by atoms with Gasteiger partial charge >= 0.3 is 0 Å². The number of aromatic nitrogens is 1. The summed E-state index contributed by atoms with van der Waals surface area (Å²) in [6, 6.07) is 10.5. The van der Waals surface area contributed by atoms with E-state index < -0.39 is 0 Å². The van der Waals surface area contributed by atoms with Crippen molar-refractivity contribution in [2.24, 2.45) is 0 Å². The van der Waals surface area contributed by atoms with Crippen LogP contribution in [0.3, 0.4) is 0 Å². The van der Waals surface area contributed by atoms with Crippen LogP contribution < -0.4 is 10.6 Å². The molecule has 1 fully saturated rings. The van der Waals surface area contributed by atoms with Crippen LogP contribution in [0.1, 0.15) is 37.1 Å². The van der Waals surface area contributed by atoms with E-state index in [1.807, 2.05) is 24.3 Å². The second kappa shape index (κ2) is 7.53. The molecule has 1 aromatic heterocycles. The SMILES string of the molecule is N#C/C(=C\NC(=S)NC1CCCCC1)c1nc2ccccc2s1. The lowest BCUT2D eigenvalue weighted by molar-refractivity contribution is 0.413. The van der Waals surface area contributed by atoms with Crippen LogP contribution in [0, 0.1) is 11.3 Å². The number of hydrogen-bond donors (Lipinski definition) is 2. The summed E-state index contributed by atoms with van der Waals surface area (Å²) in [7, 11) is 0. The Hall–Kier alpha value is -1.97. The molecule has 0 amide bonds. The van der Waals surface area contributed by atoms with Crippen molar-refractivity contribution in [1.82, 2.24) is 15.6 Å². The molecule has 0 aliphatic heterocycles. The van der Waals surface area contributed by atoms with Gasteiger partial charge in [-0.3, -0.25) is 0 Å². The number of allylic oxidation sites excluding steroid dienone is 1. The van der Waals surface area contributed by atoms with E-state index in [0.29, 0.717) is 21.7 Å². The summed E-state index contributed by atoms with van der Waals surface area (Å²) in [4.78, 5) is 4.50. The van der Waals surface area contributed by atoms with Gasteiger partial charge in [0.2, 0.25) is 0 Å². The number of nitrogens with one attached hydrogen (secondary N) is 2. The second-order valence-corrected chi connectivity index (χ2v) is 7.05. The van der Waals surface area contributed by atoms with E-state index in [9.17, 15) is 5.26 Å². The Morgan fingerprint density at radius 1 is 1.30 bits per heavy atom. The van der Waals surface area contributed by atoms with Crippen molar-refractivity contribution in [3.8, 4) is 6.07 Å². The summed E-state index contributed by atoms with van der Waals surface area (Å²) < 4.78 is 1.08. The Morgan fingerprint density at radius 2 is 2.09 bits per heavy atom. The summed E-state index contributed by atoms with van der Waals surface area (Å²) in [5.41, 5.74) is 1.41. The van der Waals surface area contributed by atoms with Gasteiger partial charge < -0.3 is 10.6 Å². The molecule has 2 aromatic rings. The fraction of sp³-hybridized carbons (Fsp3) is 0.353. The van der Waals surface area contributed by atoms with Crippen LogP contribution in [-0.2, 0) is 0 Å². The highest BCUT2D eigenvalue weighted by Crippen LogP contribution is 2.26. The molecule has 0 unspecified atom stereocenters. The molecule has 1 aromatic carbocycles. The molecule has 1 aliphatic rings. The van der Waals surface area contributed by atoms with Crippen molar-refractivity contribution >= 4 is 44.5 Å². The third-order valence-electron chi connectivity index (χ3n) is 3.93. The first-order chi connectivity index (χ1) is 11.3. The van der Waals surface area contributed by atoms with E-state index in [1.165, 1.54) is 30.6 Å². The van der Waals surface area contributed by atoms with Gasteiger partial charge in [-0.1, -0.05) is 31.4 Å². The van der Waals surface area contributed by atoms with Crippen molar-refractivity contribution in [3.63, 3.8) is 0 Å². The van der Waals surface area contributed by atoms with Crippen LogP contribution in [-0.4, -0.2) is 16.1 Å². The molecule has 0 saturated heterocycles. The summed E-state index contributed by atoms with van der Waals surface area (Å²) in [6.07, 6.45) is 7.80. The topological polar surface area (TPSA) is 60.7 Å². The summed E-state index contributed by atoms with van der Waals surface area (Å²) in [6.45, 7) is 0. The molecule has 1 aliphatic carbocycles. The minimum atomic E-state index is 0.449. The zero-order valence-corrected chi connectivity index (χ0v) is 14.3. The molecule has 2 N–H and O–H groups in total. The molecular formula is C17H18N4S2. The van der Waals surface area contributed by atoms with Crippen LogP contribution >= 0.6 is 23.6 Å². The van der Waals surface area contributed by atoms with E-state index in [-0.39, 0.29) is 0 Å². The highest BCUT2D eigenvalue weighted by Gasteiger charge is 2.14. The summed E-state index contributed by atoms with van der Waals surface area (Å²) in [5, 5.41) is 17.0. The Kier molecular flexibility index (Phi) is 5.21. The van der Waals surface area contributed by atoms with Gasteiger partial charge in [-0.15, -0.1) is 11.3 Å². The van der Waals surface area contributed by atoms with Crippen molar-refractivity contribution in [3.05, 3.63) is 35.5 Å². The molecule has 0 atom stereocenters. The van der Waals surface area contributed by atoms with E-state index in [2.05, 4.69) is 21.7 Å². The predicted molar refractivity (Wildman–Crippen MR) is 99.0 cm³/mol. The Bertz CT molecular complexity index is 733. The first-order valence-corrected chi connectivity index (χ1v) is 9.02. The molecule has 1 heterocycles. The Balaban J connectivity index is 1.66. The average Bonchev–Trinajstić information content (AvgIpc) is 3.00. The van der Waals surface area contributed by atoms with E-state index in [4.69, 9.17) is 12.2 Å². The van der Waals surface area contributed by atoms with Crippen molar-refractivity contribution < 1.29 is 0 Å². The molecule has 6 heteroatoms. The van der Waals surface area contributed by atoms with Gasteiger partial charge in [-0.2, -0.15) is 5.26 Å². The molecular weight excluding hydrogens is 324 g/mol. The number of hydrogen-bond acceptors (Lipinski definition) is 4. The average molecular weight is 342 g/mol. The highest BCUT2D eigenvalue weighted by atomic mass is 32.1. The Labute approximate surface area is 145 Å². The first kappa shape index (κ1) is 15.9. The number of benzene rings is 1. The molecule has 3 rings (SSSR count). The third kappa shape index (κ3) is 4.06. The van der Waals surface area contributed by atoms with Gasteiger partial charge in [0.1, 0.15) is 16.6 Å². The zero-order valence-electron chi connectivity index (χ0n) is 12.7. The van der Waals surface area contributed by atoms with Crippen LogP contribution in [0.2, 0.25) is 0 Å². The monoisotopic (exact) mass is 342 g/mol. The zero-order chi connectivity index (χ0) is 16.1. The molecule has 23 heavy (non-hydrogen) atoms. The largest absolute Gasteiger partial charge is 0.360 e. The quantitative estimate of drug-likeness (QED) is 0.653. The maximum absolute atomic E-state index is 9.38. The molecule has 1 saturated carbocycles. The highest BCUT2D eigenvalue weighted by molar-refractivity contribution is 7.80. The third-order valence-corrected chi connectivity index (χ3v) is 5.24. The van der Waals surface area contributed by atoms with Crippen molar-refractivity contribution in [2.45, 2.75) is 38.1 Å². The number of para-hydroxylation sites is 1. The van der Waals surface area contributed by atoms with Crippen molar-refractivity contribution in [1.29, 1.82) is 5.26 Å². The number of nitriles is 1. The normalized spacial score (nSPS) is 16.0. The van der Waals surface area contributed by atoms with Crippen LogP contribution in [0.4, 0.5) is 0 Å². The fourth-order valence-electron chi connectivity index (χ4n) is 2.74. The minimum absolute atomic E-state index is 0.449. The van der Waals surface area contributed by atoms with Crippen LogP contribution in [0.15, 0.2) is 30.5 Å². The molecule has 4 nitrogen and oxygen atoms in total. The molecule has 0 spiro atoms.